The van der Waals surface area contributed by atoms with Gasteiger partial charge in [0.1, 0.15) is 0 Å². The lowest BCUT2D eigenvalue weighted by molar-refractivity contribution is -0.137. The third-order valence-electron chi connectivity index (χ3n) is 2.52. The van der Waals surface area contributed by atoms with E-state index in [4.69, 9.17) is 0 Å². The van der Waals surface area contributed by atoms with E-state index in [-0.39, 0.29) is 0 Å². The summed E-state index contributed by atoms with van der Waals surface area (Å²) < 4.78 is 40.0. The summed E-state index contributed by atoms with van der Waals surface area (Å²) in [6, 6.07) is 5.29. The molecule has 0 atom stereocenters. The molecule has 0 aliphatic heterocycles. The maximum Gasteiger partial charge on any atom is 0.416 e. The van der Waals surface area contributed by atoms with Crippen molar-refractivity contribution in [3.63, 3.8) is 0 Å². The minimum Gasteiger partial charge on any atom is -0.378 e. The molecular weight excluding hydrogens is 323 g/mol. The molecule has 2 rings (SSSR count). The smallest absolute Gasteiger partial charge is 0.378 e. The Morgan fingerprint density at radius 2 is 2.05 bits per heavy atom. The molecule has 3 nitrogen and oxygen atoms in total. The molecule has 1 heterocycles. The molecule has 0 unspecified atom stereocenters. The van der Waals surface area contributed by atoms with Gasteiger partial charge in [0.05, 0.1) is 17.8 Å². The first-order chi connectivity index (χ1) is 8.86. The number of halogens is 4. The molecular formula is C12H11BrF3N3. The van der Waals surface area contributed by atoms with Gasteiger partial charge in [-0.3, -0.25) is 4.68 Å². The predicted molar refractivity (Wildman–Crippen MR) is 69.7 cm³/mol. The Kier molecular flexibility index (Phi) is 3.84. The highest BCUT2D eigenvalue weighted by molar-refractivity contribution is 9.10. The van der Waals surface area contributed by atoms with Gasteiger partial charge in [-0.05, 0) is 40.2 Å². The van der Waals surface area contributed by atoms with E-state index < -0.39 is 11.7 Å². The lowest BCUT2D eigenvalue weighted by atomic mass is 10.2. The van der Waals surface area contributed by atoms with Gasteiger partial charge in [-0.1, -0.05) is 0 Å². The van der Waals surface area contributed by atoms with Crippen molar-refractivity contribution in [1.29, 1.82) is 0 Å². The molecule has 102 valence electrons. The average Bonchev–Trinajstić information content (AvgIpc) is 2.72. The Balaban J connectivity index is 2.15. The molecule has 1 aromatic heterocycles. The van der Waals surface area contributed by atoms with Gasteiger partial charge in [0.25, 0.3) is 0 Å². The highest BCUT2D eigenvalue weighted by Crippen LogP contribution is 2.34. The summed E-state index contributed by atoms with van der Waals surface area (Å²) in [4.78, 5) is 0. The fourth-order valence-corrected chi connectivity index (χ4v) is 1.97. The van der Waals surface area contributed by atoms with Crippen molar-refractivity contribution in [3.05, 3.63) is 46.2 Å². The highest BCUT2D eigenvalue weighted by atomic mass is 79.9. The number of hydrogen-bond donors (Lipinski definition) is 1. The van der Waals surface area contributed by atoms with Crippen LogP contribution in [0.3, 0.4) is 0 Å². The monoisotopic (exact) mass is 333 g/mol. The van der Waals surface area contributed by atoms with Crippen LogP contribution in [0.5, 0.6) is 0 Å². The standard InChI is InChI=1S/C12H11BrF3N3/c1-19-5-4-9(18-19)7-17-11-6-8(12(14,15)16)2-3-10(11)13/h2-6,17H,7H2,1H3. The fourth-order valence-electron chi connectivity index (χ4n) is 1.58. The molecule has 0 bridgehead atoms. The van der Waals surface area contributed by atoms with Gasteiger partial charge in [-0.15, -0.1) is 0 Å². The van der Waals surface area contributed by atoms with Gasteiger partial charge in [-0.25, -0.2) is 0 Å². The van der Waals surface area contributed by atoms with E-state index in [1.54, 1.807) is 24.0 Å². The molecule has 0 fully saturated rings. The van der Waals surface area contributed by atoms with Crippen LogP contribution in [0.1, 0.15) is 11.3 Å². The molecule has 0 radical (unpaired) electrons. The zero-order chi connectivity index (χ0) is 14.0. The first-order valence-corrected chi connectivity index (χ1v) is 6.25. The molecule has 0 amide bonds. The molecule has 19 heavy (non-hydrogen) atoms. The Morgan fingerprint density at radius 1 is 1.32 bits per heavy atom. The van der Waals surface area contributed by atoms with Crippen LogP contribution in [0.4, 0.5) is 18.9 Å². The summed E-state index contributed by atoms with van der Waals surface area (Å²) in [5, 5.41) is 7.08. The summed E-state index contributed by atoms with van der Waals surface area (Å²) in [6.07, 6.45) is -2.57. The van der Waals surface area contributed by atoms with Crippen LogP contribution in [0.25, 0.3) is 0 Å². The number of aromatic nitrogens is 2. The number of benzene rings is 1. The van der Waals surface area contributed by atoms with Crippen molar-refractivity contribution in [2.75, 3.05) is 5.32 Å². The van der Waals surface area contributed by atoms with Crippen molar-refractivity contribution in [2.24, 2.45) is 7.05 Å². The van der Waals surface area contributed by atoms with E-state index in [0.717, 1.165) is 17.8 Å². The van der Waals surface area contributed by atoms with Gasteiger partial charge >= 0.3 is 6.18 Å². The molecule has 0 aliphatic rings. The molecule has 2 aromatic rings. The average molecular weight is 334 g/mol. The number of rotatable bonds is 3. The van der Waals surface area contributed by atoms with Gasteiger partial charge in [-0.2, -0.15) is 18.3 Å². The lowest BCUT2D eigenvalue weighted by Gasteiger charge is -2.11. The van der Waals surface area contributed by atoms with Crippen LogP contribution in [0.2, 0.25) is 0 Å². The molecule has 0 saturated carbocycles. The lowest BCUT2D eigenvalue weighted by Crippen LogP contribution is -2.07. The van der Waals surface area contributed by atoms with Gasteiger partial charge in [0, 0.05) is 23.4 Å². The number of nitrogens with one attached hydrogen (secondary N) is 1. The van der Waals surface area contributed by atoms with Crippen molar-refractivity contribution in [3.8, 4) is 0 Å². The third-order valence-corrected chi connectivity index (χ3v) is 3.21. The SMILES string of the molecule is Cn1ccc(CNc2cc(C(F)(F)F)ccc2Br)n1. The number of hydrogen-bond acceptors (Lipinski definition) is 2. The number of nitrogens with zero attached hydrogens (tertiary/aromatic N) is 2. The Morgan fingerprint density at radius 3 is 2.63 bits per heavy atom. The largest absolute Gasteiger partial charge is 0.416 e. The Bertz CT molecular complexity index is 578. The molecule has 0 aliphatic carbocycles. The fraction of sp³-hybridized carbons (Fsp3) is 0.250. The molecule has 7 heteroatoms. The van der Waals surface area contributed by atoms with Crippen molar-refractivity contribution in [2.45, 2.75) is 12.7 Å². The van der Waals surface area contributed by atoms with E-state index in [9.17, 15) is 13.2 Å². The second kappa shape index (κ2) is 5.24. The highest BCUT2D eigenvalue weighted by Gasteiger charge is 2.30. The second-order valence-electron chi connectivity index (χ2n) is 4.03. The molecule has 1 N–H and O–H groups in total. The van der Waals surface area contributed by atoms with Gasteiger partial charge in [0.15, 0.2) is 0 Å². The van der Waals surface area contributed by atoms with E-state index >= 15 is 0 Å². The molecule has 1 aromatic carbocycles. The van der Waals surface area contributed by atoms with Crippen LogP contribution >= 0.6 is 15.9 Å². The number of aryl methyl sites for hydroxylation is 1. The summed E-state index contributed by atoms with van der Waals surface area (Å²) in [6.45, 7) is 0.362. The van der Waals surface area contributed by atoms with E-state index in [1.165, 1.54) is 6.07 Å². The predicted octanol–water partition coefficient (Wildman–Crippen LogP) is 3.81. The first-order valence-electron chi connectivity index (χ1n) is 5.45. The van der Waals surface area contributed by atoms with E-state index in [0.29, 0.717) is 16.7 Å². The Labute approximate surface area is 116 Å². The molecule has 0 spiro atoms. The minimum atomic E-state index is -4.35. The second-order valence-corrected chi connectivity index (χ2v) is 4.88. The van der Waals surface area contributed by atoms with Gasteiger partial charge in [0.2, 0.25) is 0 Å². The van der Waals surface area contributed by atoms with Crippen LogP contribution < -0.4 is 5.32 Å². The first kappa shape index (κ1) is 13.9. The van der Waals surface area contributed by atoms with Crippen LogP contribution in [-0.4, -0.2) is 9.78 Å². The number of alkyl halides is 3. The maximum absolute atomic E-state index is 12.6. The third kappa shape index (κ3) is 3.50. The van der Waals surface area contributed by atoms with Crippen molar-refractivity contribution >= 4 is 21.6 Å². The van der Waals surface area contributed by atoms with Crippen molar-refractivity contribution in [1.82, 2.24) is 9.78 Å². The normalized spacial score (nSPS) is 11.6. The summed E-state index contributed by atoms with van der Waals surface area (Å²) >= 11 is 3.22. The van der Waals surface area contributed by atoms with Crippen LogP contribution in [0, 0.1) is 0 Å². The van der Waals surface area contributed by atoms with E-state index in [2.05, 4.69) is 26.3 Å². The summed E-state index contributed by atoms with van der Waals surface area (Å²) in [5.74, 6) is 0. The Hall–Kier alpha value is -1.50. The van der Waals surface area contributed by atoms with E-state index in [1.807, 2.05) is 0 Å². The quantitative estimate of drug-likeness (QED) is 0.925. The zero-order valence-corrected chi connectivity index (χ0v) is 11.6. The zero-order valence-electron chi connectivity index (χ0n) is 10.0. The van der Waals surface area contributed by atoms with Crippen LogP contribution in [0.15, 0.2) is 34.9 Å². The number of anilines is 1. The molecule has 0 saturated heterocycles. The summed E-state index contributed by atoms with van der Waals surface area (Å²) in [7, 11) is 1.78. The summed E-state index contributed by atoms with van der Waals surface area (Å²) in [5.41, 5.74) is 0.464. The minimum absolute atomic E-state index is 0.362. The topological polar surface area (TPSA) is 29.9 Å². The van der Waals surface area contributed by atoms with Gasteiger partial charge < -0.3 is 5.32 Å². The maximum atomic E-state index is 12.6. The van der Waals surface area contributed by atoms with Crippen LogP contribution in [-0.2, 0) is 19.8 Å². The van der Waals surface area contributed by atoms with Crippen molar-refractivity contribution < 1.29 is 13.2 Å².